The van der Waals surface area contributed by atoms with E-state index in [-0.39, 0.29) is 15.7 Å². The quantitative estimate of drug-likeness (QED) is 0.721. The van der Waals surface area contributed by atoms with Crippen LogP contribution in [0.4, 0.5) is 5.13 Å². The van der Waals surface area contributed by atoms with Crippen LogP contribution in [0.5, 0.6) is 0 Å². The molecule has 1 aliphatic heterocycles. The summed E-state index contributed by atoms with van der Waals surface area (Å²) < 4.78 is 26.2. The van der Waals surface area contributed by atoms with Crippen molar-refractivity contribution in [2.45, 2.75) is 29.6 Å². The van der Waals surface area contributed by atoms with Crippen molar-refractivity contribution in [2.75, 3.05) is 5.32 Å². The first kappa shape index (κ1) is 17.9. The molecule has 5 nitrogen and oxygen atoms in total. The maximum atomic E-state index is 13.1. The summed E-state index contributed by atoms with van der Waals surface area (Å²) in [6.45, 7) is 3.68. The van der Waals surface area contributed by atoms with E-state index < -0.39 is 21.2 Å². The number of hydrogen-bond acceptors (Lipinski definition) is 5. The average molecular weight is 399 g/mol. The molecule has 0 bridgehead atoms. The van der Waals surface area contributed by atoms with Crippen molar-refractivity contribution in [1.29, 1.82) is 0 Å². The van der Waals surface area contributed by atoms with Gasteiger partial charge in [-0.3, -0.25) is 4.79 Å². The van der Waals surface area contributed by atoms with E-state index in [1.165, 1.54) is 11.3 Å². The molecule has 27 heavy (non-hydrogen) atoms. The molecule has 3 aromatic rings. The molecule has 2 heterocycles. The summed E-state index contributed by atoms with van der Waals surface area (Å²) in [6.07, 6.45) is 1.63. The molecular weight excluding hydrogens is 380 g/mol. The number of hydrogen-bond donors (Lipinski definition) is 1. The molecule has 0 saturated heterocycles. The number of amides is 1. The summed E-state index contributed by atoms with van der Waals surface area (Å²) >= 11 is 1.35. The average Bonchev–Trinajstić information content (AvgIpc) is 3.15. The molecule has 1 aliphatic rings. The number of fused-ring (bicyclic) bond motifs is 2. The molecule has 1 amide bonds. The molecular formula is C20H18N2O3S2. The zero-order chi connectivity index (χ0) is 19.2. The lowest BCUT2D eigenvalue weighted by Crippen LogP contribution is -2.39. The standard InChI is InChI=1S/C20H18N2O3S2/c1-20(2,18(23)22-19-21-11-12-26-19)17-13-7-3-5-9-15(13)27(24,25)16-10-6-4-8-14(16)17/h3-12,17H,1-2H3,(H,21,22,23). The third-order valence-electron chi connectivity index (χ3n) is 5.00. The molecule has 1 N–H and O–H groups in total. The van der Waals surface area contributed by atoms with E-state index in [0.29, 0.717) is 16.3 Å². The number of carbonyl (C=O) groups excluding carboxylic acids is 1. The van der Waals surface area contributed by atoms with Gasteiger partial charge in [-0.15, -0.1) is 11.3 Å². The number of anilines is 1. The van der Waals surface area contributed by atoms with Crippen molar-refractivity contribution in [3.8, 4) is 0 Å². The Hall–Kier alpha value is -2.51. The van der Waals surface area contributed by atoms with Gasteiger partial charge in [0.25, 0.3) is 0 Å². The van der Waals surface area contributed by atoms with E-state index in [4.69, 9.17) is 0 Å². The van der Waals surface area contributed by atoms with E-state index in [0.717, 1.165) is 0 Å². The van der Waals surface area contributed by atoms with Crippen molar-refractivity contribution < 1.29 is 13.2 Å². The number of nitrogens with zero attached hydrogens (tertiary/aromatic N) is 1. The fourth-order valence-corrected chi connectivity index (χ4v) is 5.93. The van der Waals surface area contributed by atoms with E-state index >= 15 is 0 Å². The van der Waals surface area contributed by atoms with Gasteiger partial charge in [-0.05, 0) is 23.3 Å². The zero-order valence-electron chi connectivity index (χ0n) is 14.8. The Kier molecular flexibility index (Phi) is 4.16. The molecule has 0 unspecified atom stereocenters. The molecule has 7 heteroatoms. The van der Waals surface area contributed by atoms with Gasteiger partial charge in [-0.1, -0.05) is 50.2 Å². The molecule has 0 fully saturated rings. The van der Waals surface area contributed by atoms with Crippen LogP contribution in [0.15, 0.2) is 69.9 Å². The van der Waals surface area contributed by atoms with E-state index in [9.17, 15) is 13.2 Å². The van der Waals surface area contributed by atoms with Gasteiger partial charge in [0, 0.05) is 17.5 Å². The normalized spacial score (nSPS) is 15.6. The molecule has 0 aliphatic carbocycles. The number of thiazole rings is 1. The highest BCUT2D eigenvalue weighted by molar-refractivity contribution is 7.91. The minimum absolute atomic E-state index is 0.202. The highest BCUT2D eigenvalue weighted by Gasteiger charge is 2.46. The lowest BCUT2D eigenvalue weighted by Gasteiger charge is -2.38. The highest BCUT2D eigenvalue weighted by atomic mass is 32.2. The van der Waals surface area contributed by atoms with Crippen molar-refractivity contribution >= 4 is 32.2 Å². The van der Waals surface area contributed by atoms with Crippen LogP contribution in [0.3, 0.4) is 0 Å². The second kappa shape index (κ2) is 6.28. The Bertz CT molecular complexity index is 1070. The fraction of sp³-hybridized carbons (Fsp3) is 0.200. The summed E-state index contributed by atoms with van der Waals surface area (Å²) in [4.78, 5) is 17.8. The van der Waals surface area contributed by atoms with Gasteiger partial charge >= 0.3 is 0 Å². The SMILES string of the molecule is CC(C)(C(=O)Nc1nccs1)C1c2ccccc2S(=O)(=O)c2ccccc21. The third kappa shape index (κ3) is 2.78. The fourth-order valence-electron chi connectivity index (χ4n) is 3.67. The molecule has 0 atom stereocenters. The van der Waals surface area contributed by atoms with Crippen LogP contribution in [-0.4, -0.2) is 19.3 Å². The van der Waals surface area contributed by atoms with Crippen LogP contribution in [0, 0.1) is 5.41 Å². The van der Waals surface area contributed by atoms with Gasteiger partial charge in [0.05, 0.1) is 15.2 Å². The summed E-state index contributed by atoms with van der Waals surface area (Å²) in [6, 6.07) is 13.9. The molecule has 2 aromatic carbocycles. The van der Waals surface area contributed by atoms with Crippen LogP contribution in [0.25, 0.3) is 0 Å². The lowest BCUT2D eigenvalue weighted by atomic mass is 9.70. The third-order valence-corrected chi connectivity index (χ3v) is 7.59. The lowest BCUT2D eigenvalue weighted by molar-refractivity contribution is -0.124. The predicted molar refractivity (Wildman–Crippen MR) is 105 cm³/mol. The zero-order valence-corrected chi connectivity index (χ0v) is 16.5. The van der Waals surface area contributed by atoms with Gasteiger partial charge < -0.3 is 5.32 Å². The Labute approximate surface area is 162 Å². The van der Waals surface area contributed by atoms with Crippen LogP contribution in [-0.2, 0) is 14.6 Å². The first-order valence-corrected chi connectivity index (χ1v) is 10.8. The first-order valence-electron chi connectivity index (χ1n) is 8.47. The Morgan fingerprint density at radius 1 is 1.04 bits per heavy atom. The molecule has 4 rings (SSSR count). The topological polar surface area (TPSA) is 76.1 Å². The molecule has 0 radical (unpaired) electrons. The van der Waals surface area contributed by atoms with Crippen LogP contribution < -0.4 is 5.32 Å². The second-order valence-corrected chi connectivity index (χ2v) is 9.81. The van der Waals surface area contributed by atoms with Gasteiger partial charge in [0.15, 0.2) is 5.13 Å². The van der Waals surface area contributed by atoms with Crippen LogP contribution in [0.1, 0.15) is 30.9 Å². The Morgan fingerprint density at radius 2 is 1.59 bits per heavy atom. The van der Waals surface area contributed by atoms with E-state index in [2.05, 4.69) is 10.3 Å². The summed E-state index contributed by atoms with van der Waals surface area (Å²) in [5.41, 5.74) is 0.402. The number of aromatic nitrogens is 1. The van der Waals surface area contributed by atoms with Crippen molar-refractivity contribution in [2.24, 2.45) is 5.41 Å². The summed E-state index contributed by atoms with van der Waals surface area (Å²) in [5, 5.41) is 5.18. The van der Waals surface area contributed by atoms with Crippen LogP contribution >= 0.6 is 11.3 Å². The van der Waals surface area contributed by atoms with Crippen molar-refractivity contribution in [1.82, 2.24) is 4.98 Å². The second-order valence-electron chi connectivity index (χ2n) is 7.03. The smallest absolute Gasteiger partial charge is 0.232 e. The van der Waals surface area contributed by atoms with Gasteiger partial charge in [-0.25, -0.2) is 13.4 Å². The molecule has 0 spiro atoms. The number of nitrogens with one attached hydrogen (secondary N) is 1. The number of benzene rings is 2. The van der Waals surface area contributed by atoms with Crippen LogP contribution in [0.2, 0.25) is 0 Å². The Morgan fingerprint density at radius 3 is 2.11 bits per heavy atom. The van der Waals surface area contributed by atoms with Crippen molar-refractivity contribution in [3.63, 3.8) is 0 Å². The molecule has 0 saturated carbocycles. The largest absolute Gasteiger partial charge is 0.301 e. The Balaban J connectivity index is 1.89. The van der Waals surface area contributed by atoms with E-state index in [1.807, 2.05) is 26.0 Å². The van der Waals surface area contributed by atoms with Gasteiger partial charge in [0.1, 0.15) is 0 Å². The van der Waals surface area contributed by atoms with Gasteiger partial charge in [0.2, 0.25) is 15.7 Å². The minimum atomic E-state index is -3.61. The minimum Gasteiger partial charge on any atom is -0.301 e. The van der Waals surface area contributed by atoms with Gasteiger partial charge in [-0.2, -0.15) is 0 Å². The predicted octanol–water partition coefficient (Wildman–Crippen LogP) is 4.09. The number of sulfone groups is 1. The number of carbonyl (C=O) groups is 1. The summed E-state index contributed by atoms with van der Waals surface area (Å²) in [5.74, 6) is -0.597. The molecule has 138 valence electrons. The first-order chi connectivity index (χ1) is 12.8. The molecule has 1 aromatic heterocycles. The highest BCUT2D eigenvalue weighted by Crippen LogP contribution is 2.50. The monoisotopic (exact) mass is 398 g/mol. The maximum absolute atomic E-state index is 13.1. The number of rotatable bonds is 3. The maximum Gasteiger partial charge on any atom is 0.232 e. The van der Waals surface area contributed by atoms with E-state index in [1.54, 1.807) is 48.0 Å². The van der Waals surface area contributed by atoms with Crippen molar-refractivity contribution in [3.05, 3.63) is 71.2 Å². The summed E-state index contributed by atoms with van der Waals surface area (Å²) in [7, 11) is -3.61.